The van der Waals surface area contributed by atoms with Gasteiger partial charge in [-0.1, -0.05) is 17.3 Å². The minimum absolute atomic E-state index is 0.0159. The highest BCUT2D eigenvalue weighted by molar-refractivity contribution is 5.94. The van der Waals surface area contributed by atoms with Gasteiger partial charge >= 0.3 is 5.97 Å². The number of aromatic nitrogens is 4. The Bertz CT molecular complexity index is 1740. The molecule has 6 rings (SSSR count). The molecule has 1 N–H and O–H groups in total. The van der Waals surface area contributed by atoms with E-state index >= 15 is 4.39 Å². The molecule has 0 amide bonds. The topological polar surface area (TPSA) is 96.5 Å². The van der Waals surface area contributed by atoms with E-state index in [-0.39, 0.29) is 11.2 Å². The van der Waals surface area contributed by atoms with Crippen molar-refractivity contribution in [3.05, 3.63) is 112 Å². The van der Waals surface area contributed by atoms with Crippen LogP contribution in [0.2, 0.25) is 0 Å². The summed E-state index contributed by atoms with van der Waals surface area (Å²) in [5, 5.41) is 17.4. The molecule has 11 heteroatoms. The second-order valence-corrected chi connectivity index (χ2v) is 9.59. The predicted molar refractivity (Wildman–Crippen MR) is 146 cm³/mol. The van der Waals surface area contributed by atoms with Crippen molar-refractivity contribution in [1.82, 2.24) is 19.6 Å². The first kappa shape index (κ1) is 25.2. The molecule has 0 radical (unpaired) electrons. The number of hydrogen-bond acceptors (Lipinski definition) is 6. The summed E-state index contributed by atoms with van der Waals surface area (Å²) in [7, 11) is 0. The summed E-state index contributed by atoms with van der Waals surface area (Å²) in [4.78, 5) is 28.9. The van der Waals surface area contributed by atoms with Crippen molar-refractivity contribution in [3.63, 3.8) is 0 Å². The van der Waals surface area contributed by atoms with Gasteiger partial charge in [0.2, 0.25) is 5.43 Å². The maximum atomic E-state index is 15.4. The van der Waals surface area contributed by atoms with Gasteiger partial charge in [-0.05, 0) is 54.1 Å². The summed E-state index contributed by atoms with van der Waals surface area (Å²) in [5.41, 5.74) is 1.99. The van der Waals surface area contributed by atoms with Crippen LogP contribution in [0, 0.1) is 11.6 Å². The van der Waals surface area contributed by atoms with Crippen molar-refractivity contribution in [2.75, 3.05) is 36.0 Å². The van der Waals surface area contributed by atoms with Crippen LogP contribution >= 0.6 is 0 Å². The average Bonchev–Trinajstić information content (AvgIpc) is 3.47. The number of rotatable bonds is 6. The summed E-state index contributed by atoms with van der Waals surface area (Å²) in [6, 6.07) is 16.4. The van der Waals surface area contributed by atoms with Gasteiger partial charge in [0.25, 0.3) is 0 Å². The first-order valence-corrected chi connectivity index (χ1v) is 12.7. The van der Waals surface area contributed by atoms with Crippen molar-refractivity contribution >= 4 is 28.2 Å². The van der Waals surface area contributed by atoms with Gasteiger partial charge in [-0.3, -0.25) is 4.79 Å². The van der Waals surface area contributed by atoms with E-state index in [2.05, 4.69) is 15.2 Å². The smallest absolute Gasteiger partial charge is 0.341 e. The summed E-state index contributed by atoms with van der Waals surface area (Å²) in [6.07, 6.45) is 4.62. The first-order chi connectivity index (χ1) is 19.4. The summed E-state index contributed by atoms with van der Waals surface area (Å²) >= 11 is 0. The van der Waals surface area contributed by atoms with E-state index in [4.69, 9.17) is 0 Å². The van der Waals surface area contributed by atoms with Crippen molar-refractivity contribution in [2.24, 2.45) is 0 Å². The number of carboxylic acids is 1. The molecule has 0 aliphatic carbocycles. The van der Waals surface area contributed by atoms with Crippen molar-refractivity contribution < 1.29 is 18.7 Å². The van der Waals surface area contributed by atoms with E-state index in [0.717, 1.165) is 17.3 Å². The van der Waals surface area contributed by atoms with Gasteiger partial charge in [0.05, 0.1) is 23.9 Å². The SMILES string of the molecule is O=C(O)c1cn(-c2ccc(Cn3ccnn3)cc2)c2cc(N3CCN(c4ccc(F)cc4)CC3)c(F)cc2c1=O. The molecular formula is C29H24F2N6O3. The first-order valence-electron chi connectivity index (χ1n) is 12.7. The minimum Gasteiger partial charge on any atom is -0.477 e. The minimum atomic E-state index is -1.38. The van der Waals surface area contributed by atoms with E-state index in [0.29, 0.717) is 49.6 Å². The fourth-order valence-corrected chi connectivity index (χ4v) is 5.07. The van der Waals surface area contributed by atoms with Gasteiger partial charge in [0, 0.05) is 55.3 Å². The third-order valence-electron chi connectivity index (χ3n) is 7.15. The van der Waals surface area contributed by atoms with Gasteiger partial charge in [-0.25, -0.2) is 18.3 Å². The zero-order valence-corrected chi connectivity index (χ0v) is 21.2. The van der Waals surface area contributed by atoms with Crippen molar-refractivity contribution in [3.8, 4) is 5.69 Å². The average molecular weight is 543 g/mol. The fraction of sp³-hybridized carbons (Fsp3) is 0.172. The number of nitrogens with zero attached hydrogens (tertiary/aromatic N) is 6. The molecule has 0 unspecified atom stereocenters. The number of pyridine rings is 1. The number of carboxylic acid groups (broad SMARTS) is 1. The standard InChI is InChI=1S/C29H24F2N6O3/c30-20-3-7-21(8-4-20)34-11-13-35(14-12-34)27-16-26-23(15-25(27)31)28(38)24(29(39)40)18-37(26)22-5-1-19(2-6-22)17-36-10-9-32-33-36/h1-10,15-16,18H,11-14,17H2,(H,39,40). The Hall–Kier alpha value is -5.06. The number of fused-ring (bicyclic) bond motifs is 1. The molecule has 5 aromatic rings. The Morgan fingerprint density at radius 3 is 2.23 bits per heavy atom. The molecule has 0 saturated carbocycles. The number of piperazine rings is 1. The monoisotopic (exact) mass is 542 g/mol. The number of hydrogen-bond donors (Lipinski definition) is 1. The zero-order valence-electron chi connectivity index (χ0n) is 21.2. The molecule has 2 aromatic heterocycles. The normalized spacial score (nSPS) is 13.7. The lowest BCUT2D eigenvalue weighted by atomic mass is 10.1. The lowest BCUT2D eigenvalue weighted by Crippen LogP contribution is -2.46. The van der Waals surface area contributed by atoms with Crippen LogP contribution in [0.1, 0.15) is 15.9 Å². The van der Waals surface area contributed by atoms with E-state index in [1.165, 1.54) is 18.3 Å². The number of anilines is 2. The van der Waals surface area contributed by atoms with E-state index in [1.54, 1.807) is 39.8 Å². The predicted octanol–water partition coefficient (Wildman–Crippen LogP) is 3.93. The van der Waals surface area contributed by atoms with Gasteiger partial charge in [-0.2, -0.15) is 0 Å². The van der Waals surface area contributed by atoms with Gasteiger partial charge in [0.15, 0.2) is 0 Å². The van der Waals surface area contributed by atoms with Crippen LogP contribution in [-0.2, 0) is 6.54 Å². The van der Waals surface area contributed by atoms with Crippen molar-refractivity contribution in [2.45, 2.75) is 6.54 Å². The summed E-state index contributed by atoms with van der Waals surface area (Å²) < 4.78 is 32.1. The van der Waals surface area contributed by atoms with Crippen LogP contribution in [0.4, 0.5) is 20.2 Å². The van der Waals surface area contributed by atoms with Crippen LogP contribution in [0.25, 0.3) is 16.6 Å². The third-order valence-corrected chi connectivity index (χ3v) is 7.15. The van der Waals surface area contributed by atoms with Crippen LogP contribution in [0.3, 0.4) is 0 Å². The van der Waals surface area contributed by atoms with Crippen LogP contribution in [0.5, 0.6) is 0 Å². The van der Waals surface area contributed by atoms with Crippen LogP contribution < -0.4 is 15.2 Å². The molecule has 0 atom stereocenters. The maximum Gasteiger partial charge on any atom is 0.341 e. The third kappa shape index (κ3) is 4.77. The van der Waals surface area contributed by atoms with Gasteiger partial charge in [-0.15, -0.1) is 5.10 Å². The van der Waals surface area contributed by atoms with E-state index in [9.17, 15) is 19.1 Å². The Kier molecular flexibility index (Phi) is 6.47. The second kappa shape index (κ2) is 10.3. The molecule has 1 saturated heterocycles. The molecule has 0 spiro atoms. The van der Waals surface area contributed by atoms with E-state index < -0.39 is 22.8 Å². The Morgan fingerprint density at radius 2 is 1.57 bits per heavy atom. The quantitative estimate of drug-likeness (QED) is 0.347. The second-order valence-electron chi connectivity index (χ2n) is 9.59. The summed E-state index contributed by atoms with van der Waals surface area (Å²) in [6.45, 7) is 2.72. The van der Waals surface area contributed by atoms with Crippen molar-refractivity contribution in [1.29, 1.82) is 0 Å². The summed E-state index contributed by atoms with van der Waals surface area (Å²) in [5.74, 6) is -2.29. The Balaban J connectivity index is 1.36. The molecule has 0 bridgehead atoms. The van der Waals surface area contributed by atoms with Gasteiger partial charge < -0.3 is 19.5 Å². The number of carbonyl (C=O) groups is 1. The van der Waals surface area contributed by atoms with Gasteiger partial charge in [0.1, 0.15) is 17.2 Å². The largest absolute Gasteiger partial charge is 0.477 e. The van der Waals surface area contributed by atoms with E-state index in [1.807, 2.05) is 29.2 Å². The highest BCUT2D eigenvalue weighted by atomic mass is 19.1. The molecule has 1 aliphatic heterocycles. The van der Waals surface area contributed by atoms with Crippen LogP contribution in [0.15, 0.2) is 84.0 Å². The number of halogens is 2. The number of benzene rings is 3. The lowest BCUT2D eigenvalue weighted by Gasteiger charge is -2.37. The highest BCUT2D eigenvalue weighted by Crippen LogP contribution is 2.29. The van der Waals surface area contributed by atoms with Crippen LogP contribution in [-0.4, -0.2) is 56.8 Å². The zero-order chi connectivity index (χ0) is 27.8. The Morgan fingerprint density at radius 1 is 0.900 bits per heavy atom. The molecule has 9 nitrogen and oxygen atoms in total. The molecule has 3 aromatic carbocycles. The molecule has 1 aliphatic rings. The Labute approximate surface area is 227 Å². The maximum absolute atomic E-state index is 15.4. The molecule has 3 heterocycles. The fourth-order valence-electron chi connectivity index (χ4n) is 5.07. The highest BCUT2D eigenvalue weighted by Gasteiger charge is 2.23. The molecular weight excluding hydrogens is 518 g/mol. The number of aromatic carboxylic acids is 1. The molecule has 202 valence electrons. The lowest BCUT2D eigenvalue weighted by molar-refractivity contribution is 0.0695. The molecule has 1 fully saturated rings. The molecule has 40 heavy (non-hydrogen) atoms.